The fourth-order valence-electron chi connectivity index (χ4n) is 4.41. The number of amidine groups is 1. The average Bonchev–Trinajstić information content (AvgIpc) is 2.91. The first-order chi connectivity index (χ1) is 8.22. The van der Waals surface area contributed by atoms with Crippen LogP contribution in [0.3, 0.4) is 0 Å². The molecule has 0 aromatic rings. The third-order valence-electron chi connectivity index (χ3n) is 5.32. The van der Waals surface area contributed by atoms with E-state index >= 15 is 0 Å². The van der Waals surface area contributed by atoms with Crippen molar-refractivity contribution in [2.75, 3.05) is 19.6 Å². The summed E-state index contributed by atoms with van der Waals surface area (Å²) in [5.74, 6) is 3.78. The third kappa shape index (κ3) is 2.35. The zero-order valence-corrected chi connectivity index (χ0v) is 10.7. The highest BCUT2D eigenvalue weighted by atomic mass is 15.1. The standard InChI is InChI=1S/C14H25N3/c15-14(16)12-2-1-5-17(8-12)9-13-7-10-3-4-11(13)6-10/h10-13H,1-9H2,(H3,15,16). The summed E-state index contributed by atoms with van der Waals surface area (Å²) in [6.07, 6.45) is 8.32. The van der Waals surface area contributed by atoms with Gasteiger partial charge in [0.25, 0.3) is 0 Å². The molecule has 0 radical (unpaired) electrons. The molecule has 1 heterocycles. The van der Waals surface area contributed by atoms with Crippen molar-refractivity contribution < 1.29 is 0 Å². The number of nitrogens with zero attached hydrogens (tertiary/aromatic N) is 1. The van der Waals surface area contributed by atoms with Gasteiger partial charge in [-0.25, -0.2) is 0 Å². The SMILES string of the molecule is N=C(N)C1CCCN(CC2CC3CCC2C3)C1. The van der Waals surface area contributed by atoms with E-state index in [-0.39, 0.29) is 0 Å². The van der Waals surface area contributed by atoms with Gasteiger partial charge in [-0.3, -0.25) is 5.41 Å². The molecule has 1 saturated heterocycles. The second-order valence-corrected chi connectivity index (χ2v) is 6.49. The van der Waals surface area contributed by atoms with Crippen LogP contribution in [0.1, 0.15) is 38.5 Å². The number of rotatable bonds is 3. The van der Waals surface area contributed by atoms with Crippen LogP contribution in [-0.4, -0.2) is 30.4 Å². The lowest BCUT2D eigenvalue weighted by molar-refractivity contribution is 0.150. The molecule has 3 fully saturated rings. The summed E-state index contributed by atoms with van der Waals surface area (Å²) in [7, 11) is 0. The first-order valence-corrected chi connectivity index (χ1v) is 7.28. The minimum atomic E-state index is 0.336. The van der Waals surface area contributed by atoms with E-state index in [2.05, 4.69) is 4.90 Å². The lowest BCUT2D eigenvalue weighted by Gasteiger charge is -2.35. The van der Waals surface area contributed by atoms with Gasteiger partial charge in [-0.2, -0.15) is 0 Å². The van der Waals surface area contributed by atoms with Crippen LogP contribution in [0.5, 0.6) is 0 Å². The molecule has 0 aromatic heterocycles. The molecule has 2 saturated carbocycles. The van der Waals surface area contributed by atoms with Crippen LogP contribution in [0.25, 0.3) is 0 Å². The van der Waals surface area contributed by atoms with E-state index in [0.717, 1.165) is 30.7 Å². The van der Waals surface area contributed by atoms with Crippen LogP contribution >= 0.6 is 0 Å². The maximum atomic E-state index is 7.60. The highest BCUT2D eigenvalue weighted by Crippen LogP contribution is 2.48. The zero-order valence-electron chi connectivity index (χ0n) is 10.7. The third-order valence-corrected chi connectivity index (χ3v) is 5.32. The molecule has 3 rings (SSSR count). The van der Waals surface area contributed by atoms with E-state index in [9.17, 15) is 0 Å². The van der Waals surface area contributed by atoms with Gasteiger partial charge < -0.3 is 10.6 Å². The normalized spacial score (nSPS) is 41.9. The topological polar surface area (TPSA) is 53.1 Å². The van der Waals surface area contributed by atoms with Gasteiger partial charge in [0, 0.05) is 19.0 Å². The summed E-state index contributed by atoms with van der Waals surface area (Å²) in [5, 5.41) is 7.60. The van der Waals surface area contributed by atoms with Crippen molar-refractivity contribution >= 4 is 5.84 Å². The summed E-state index contributed by atoms with van der Waals surface area (Å²) >= 11 is 0. The molecule has 0 aromatic carbocycles. The molecule has 4 unspecified atom stereocenters. The van der Waals surface area contributed by atoms with Crippen molar-refractivity contribution in [3.63, 3.8) is 0 Å². The highest BCUT2D eigenvalue weighted by Gasteiger charge is 2.40. The van der Waals surface area contributed by atoms with Gasteiger partial charge in [-0.15, -0.1) is 0 Å². The van der Waals surface area contributed by atoms with Crippen LogP contribution in [0.4, 0.5) is 0 Å². The Morgan fingerprint density at radius 2 is 2.12 bits per heavy atom. The van der Waals surface area contributed by atoms with Crippen molar-refractivity contribution in [1.82, 2.24) is 4.90 Å². The van der Waals surface area contributed by atoms with Gasteiger partial charge in [0.05, 0.1) is 5.84 Å². The fraction of sp³-hybridized carbons (Fsp3) is 0.929. The Balaban J connectivity index is 1.53. The number of likely N-dealkylation sites (tertiary alicyclic amines) is 1. The van der Waals surface area contributed by atoms with E-state index in [4.69, 9.17) is 11.1 Å². The van der Waals surface area contributed by atoms with Gasteiger partial charge in [0.15, 0.2) is 0 Å². The van der Waals surface area contributed by atoms with Gasteiger partial charge in [0.1, 0.15) is 0 Å². The van der Waals surface area contributed by atoms with Crippen LogP contribution in [0.2, 0.25) is 0 Å². The fourth-order valence-corrected chi connectivity index (χ4v) is 4.41. The predicted octanol–water partition coefficient (Wildman–Crippen LogP) is 2.07. The Hall–Kier alpha value is -0.570. The lowest BCUT2D eigenvalue weighted by atomic mass is 9.87. The summed E-state index contributed by atoms with van der Waals surface area (Å²) in [4.78, 5) is 2.58. The number of nitrogens with one attached hydrogen (secondary N) is 1. The molecule has 1 aliphatic heterocycles. The summed E-state index contributed by atoms with van der Waals surface area (Å²) in [6.45, 7) is 3.56. The molecule has 3 N–H and O–H groups in total. The molecule has 2 aliphatic carbocycles. The maximum absolute atomic E-state index is 7.60. The molecule has 2 bridgehead atoms. The molecule has 17 heavy (non-hydrogen) atoms. The number of hydrogen-bond donors (Lipinski definition) is 2. The van der Waals surface area contributed by atoms with E-state index in [1.807, 2.05) is 0 Å². The Morgan fingerprint density at radius 3 is 2.76 bits per heavy atom. The van der Waals surface area contributed by atoms with E-state index in [1.54, 1.807) is 0 Å². The smallest absolute Gasteiger partial charge is 0.0949 e. The predicted molar refractivity (Wildman–Crippen MR) is 70.0 cm³/mol. The average molecular weight is 235 g/mol. The van der Waals surface area contributed by atoms with E-state index < -0.39 is 0 Å². The molecule has 3 nitrogen and oxygen atoms in total. The molecule has 3 aliphatic rings. The van der Waals surface area contributed by atoms with E-state index in [1.165, 1.54) is 45.2 Å². The van der Waals surface area contributed by atoms with Crippen molar-refractivity contribution in [2.24, 2.45) is 29.4 Å². The second-order valence-electron chi connectivity index (χ2n) is 6.49. The Morgan fingerprint density at radius 1 is 1.24 bits per heavy atom. The molecular formula is C14H25N3. The number of fused-ring (bicyclic) bond motifs is 2. The molecule has 0 spiro atoms. The summed E-state index contributed by atoms with van der Waals surface area (Å²) in [5.41, 5.74) is 5.65. The summed E-state index contributed by atoms with van der Waals surface area (Å²) in [6, 6.07) is 0. The molecule has 0 amide bonds. The Labute approximate surface area is 104 Å². The number of hydrogen-bond acceptors (Lipinski definition) is 2. The first-order valence-electron chi connectivity index (χ1n) is 7.28. The zero-order chi connectivity index (χ0) is 11.8. The largest absolute Gasteiger partial charge is 0.387 e. The van der Waals surface area contributed by atoms with Gasteiger partial charge in [0.2, 0.25) is 0 Å². The monoisotopic (exact) mass is 235 g/mol. The van der Waals surface area contributed by atoms with Crippen molar-refractivity contribution in [3.05, 3.63) is 0 Å². The Kier molecular flexibility index (Phi) is 3.12. The lowest BCUT2D eigenvalue weighted by Crippen LogP contribution is -2.43. The highest BCUT2D eigenvalue weighted by molar-refractivity contribution is 5.79. The molecule has 3 heteroatoms. The Bertz CT molecular complexity index is 302. The first kappa shape index (κ1) is 11.5. The number of piperidine rings is 1. The van der Waals surface area contributed by atoms with Gasteiger partial charge in [-0.05, 0) is 56.4 Å². The van der Waals surface area contributed by atoms with Crippen molar-refractivity contribution in [3.8, 4) is 0 Å². The number of nitrogens with two attached hydrogens (primary N) is 1. The van der Waals surface area contributed by atoms with Gasteiger partial charge >= 0.3 is 0 Å². The summed E-state index contributed by atoms with van der Waals surface area (Å²) < 4.78 is 0. The van der Waals surface area contributed by atoms with Gasteiger partial charge in [-0.1, -0.05) is 6.42 Å². The molecular weight excluding hydrogens is 210 g/mol. The van der Waals surface area contributed by atoms with E-state index in [0.29, 0.717) is 11.8 Å². The van der Waals surface area contributed by atoms with Crippen LogP contribution in [0, 0.1) is 29.1 Å². The van der Waals surface area contributed by atoms with Crippen LogP contribution in [0.15, 0.2) is 0 Å². The second kappa shape index (κ2) is 4.60. The van der Waals surface area contributed by atoms with Crippen molar-refractivity contribution in [1.29, 1.82) is 5.41 Å². The van der Waals surface area contributed by atoms with Crippen molar-refractivity contribution in [2.45, 2.75) is 38.5 Å². The van der Waals surface area contributed by atoms with Crippen LogP contribution in [-0.2, 0) is 0 Å². The minimum Gasteiger partial charge on any atom is -0.387 e. The quantitative estimate of drug-likeness (QED) is 0.581. The molecule has 96 valence electrons. The molecule has 4 atom stereocenters. The van der Waals surface area contributed by atoms with Crippen LogP contribution < -0.4 is 5.73 Å². The maximum Gasteiger partial charge on any atom is 0.0949 e. The minimum absolute atomic E-state index is 0.336.